The first kappa shape index (κ1) is 27.3. The van der Waals surface area contributed by atoms with Crippen molar-refractivity contribution in [3.63, 3.8) is 0 Å². The number of sulfone groups is 1. The van der Waals surface area contributed by atoms with Crippen molar-refractivity contribution in [2.24, 2.45) is 5.41 Å². The largest absolute Gasteiger partial charge is 0.489 e. The van der Waals surface area contributed by atoms with Crippen LogP contribution in [0.1, 0.15) is 39.5 Å². The van der Waals surface area contributed by atoms with E-state index in [1.807, 2.05) is 11.8 Å². The number of aliphatic carboxylic acids is 1. The molecule has 192 valence electrons. The Bertz CT molecular complexity index is 1160. The first-order valence-electron chi connectivity index (χ1n) is 11.6. The quantitative estimate of drug-likeness (QED) is 0.423. The third kappa shape index (κ3) is 6.10. The van der Waals surface area contributed by atoms with Crippen molar-refractivity contribution in [1.29, 1.82) is 0 Å². The van der Waals surface area contributed by atoms with Gasteiger partial charge < -0.3 is 19.8 Å². The van der Waals surface area contributed by atoms with E-state index in [2.05, 4.69) is 6.92 Å². The lowest BCUT2D eigenvalue weighted by atomic mass is 9.81. The second kappa shape index (κ2) is 11.2. The lowest BCUT2D eigenvalue weighted by Gasteiger charge is -2.36. The zero-order chi connectivity index (χ0) is 25.8. The van der Waals surface area contributed by atoms with E-state index in [1.54, 1.807) is 24.5 Å². The third-order valence-electron chi connectivity index (χ3n) is 6.49. The number of rotatable bonds is 10. The highest BCUT2D eigenvalue weighted by molar-refractivity contribution is 7.98. The number of halogens is 1. The molecule has 10 heteroatoms. The van der Waals surface area contributed by atoms with E-state index < -0.39 is 33.9 Å². The zero-order valence-electron chi connectivity index (χ0n) is 20.2. The molecule has 2 atom stereocenters. The highest BCUT2D eigenvalue weighted by Gasteiger charge is 2.42. The molecule has 1 aliphatic heterocycles. The molecule has 0 radical (unpaired) electrons. The summed E-state index contributed by atoms with van der Waals surface area (Å²) in [5.74, 6) is -1.66. The van der Waals surface area contributed by atoms with E-state index in [0.29, 0.717) is 29.2 Å². The maximum absolute atomic E-state index is 13.8. The number of carboxylic acid groups (broad SMARTS) is 1. The van der Waals surface area contributed by atoms with E-state index in [1.165, 1.54) is 30.0 Å². The van der Waals surface area contributed by atoms with Gasteiger partial charge >= 0.3 is 5.97 Å². The molecule has 1 aliphatic rings. The van der Waals surface area contributed by atoms with Crippen molar-refractivity contribution in [2.45, 2.75) is 55.4 Å². The number of nitrogens with zero attached hydrogens (tertiary/aromatic N) is 1. The zero-order valence-corrected chi connectivity index (χ0v) is 21.8. The van der Waals surface area contributed by atoms with Crippen LogP contribution in [0.4, 0.5) is 15.8 Å². The van der Waals surface area contributed by atoms with Gasteiger partial charge in [-0.1, -0.05) is 26.7 Å². The van der Waals surface area contributed by atoms with Crippen LogP contribution in [0.3, 0.4) is 0 Å². The van der Waals surface area contributed by atoms with Gasteiger partial charge in [0.1, 0.15) is 18.2 Å². The summed E-state index contributed by atoms with van der Waals surface area (Å²) in [6, 6.07) is 9.14. The highest BCUT2D eigenvalue weighted by atomic mass is 32.2. The van der Waals surface area contributed by atoms with E-state index in [4.69, 9.17) is 9.84 Å². The van der Waals surface area contributed by atoms with Crippen LogP contribution < -0.4 is 9.64 Å². The Labute approximate surface area is 210 Å². The molecular weight excluding hydrogens is 493 g/mol. The second-order valence-corrected chi connectivity index (χ2v) is 11.7. The van der Waals surface area contributed by atoms with Crippen LogP contribution in [-0.2, 0) is 14.6 Å². The number of hydrogen-bond donors (Lipinski definition) is 2. The fourth-order valence-corrected chi connectivity index (χ4v) is 7.12. The Kier molecular flexibility index (Phi) is 8.72. The normalized spacial score (nSPS) is 20.1. The number of ether oxygens (including phenoxy) is 1. The molecule has 1 unspecified atom stereocenters. The van der Waals surface area contributed by atoms with Gasteiger partial charge in [-0.05, 0) is 49.4 Å². The molecule has 2 aromatic carbocycles. The van der Waals surface area contributed by atoms with Gasteiger partial charge in [0.2, 0.25) is 0 Å². The smallest absolute Gasteiger partial charge is 0.336 e. The Morgan fingerprint density at radius 3 is 2.51 bits per heavy atom. The van der Waals surface area contributed by atoms with Crippen molar-refractivity contribution >= 4 is 38.9 Å². The molecule has 35 heavy (non-hydrogen) atoms. The highest BCUT2D eigenvalue weighted by Crippen LogP contribution is 2.47. The van der Waals surface area contributed by atoms with Crippen molar-refractivity contribution in [2.75, 3.05) is 30.1 Å². The standard InChI is InChI=1S/C25H32FNO6S2/c1-4-6-11-25(5-2)15-27(18-9-7-17(26)8-10-18)19-12-22(34-3)21(33-14-20(28)24(29)30)13-23(19)35(31,32)16-25/h7-10,12-13,20,28H,4-6,11,14-16H2,1-3H3,(H,29,30)/t20?,25-/m1/s1. The monoisotopic (exact) mass is 525 g/mol. The summed E-state index contributed by atoms with van der Waals surface area (Å²) < 4.78 is 46.8. The van der Waals surface area contributed by atoms with Crippen molar-refractivity contribution in [1.82, 2.24) is 0 Å². The van der Waals surface area contributed by atoms with Crippen LogP contribution in [0.2, 0.25) is 0 Å². The number of unbranched alkanes of at least 4 members (excludes halogenated alkanes) is 1. The predicted octanol–water partition coefficient (Wildman–Crippen LogP) is 4.88. The fourth-order valence-electron chi connectivity index (χ4n) is 4.40. The number of fused-ring (bicyclic) bond motifs is 1. The van der Waals surface area contributed by atoms with Crippen LogP contribution in [0.5, 0.6) is 5.75 Å². The van der Waals surface area contributed by atoms with Gasteiger partial charge in [-0.3, -0.25) is 0 Å². The van der Waals surface area contributed by atoms with Crippen LogP contribution in [0.25, 0.3) is 0 Å². The van der Waals surface area contributed by atoms with Gasteiger partial charge in [-0.25, -0.2) is 17.6 Å². The average molecular weight is 526 g/mol. The van der Waals surface area contributed by atoms with Gasteiger partial charge in [0.15, 0.2) is 15.9 Å². The number of aliphatic hydroxyl groups excluding tert-OH is 1. The Morgan fingerprint density at radius 1 is 1.26 bits per heavy atom. The minimum absolute atomic E-state index is 0.0446. The summed E-state index contributed by atoms with van der Waals surface area (Å²) in [6.07, 6.45) is 3.27. The minimum atomic E-state index is -3.76. The molecular formula is C25H32FNO6S2. The average Bonchev–Trinajstić information content (AvgIpc) is 2.93. The summed E-state index contributed by atoms with van der Waals surface area (Å²) in [7, 11) is -3.76. The number of carboxylic acids is 1. The van der Waals surface area contributed by atoms with Crippen LogP contribution >= 0.6 is 11.8 Å². The molecule has 0 saturated heterocycles. The topological polar surface area (TPSA) is 104 Å². The maximum Gasteiger partial charge on any atom is 0.336 e. The molecule has 0 fully saturated rings. The van der Waals surface area contributed by atoms with Gasteiger partial charge in [0, 0.05) is 23.7 Å². The predicted molar refractivity (Wildman–Crippen MR) is 135 cm³/mol. The number of carbonyl (C=O) groups is 1. The molecule has 0 amide bonds. The Hall–Kier alpha value is -2.30. The summed E-state index contributed by atoms with van der Waals surface area (Å²) in [5, 5.41) is 18.6. The van der Waals surface area contributed by atoms with E-state index in [9.17, 15) is 22.7 Å². The summed E-state index contributed by atoms with van der Waals surface area (Å²) >= 11 is 1.32. The van der Waals surface area contributed by atoms with Crippen LogP contribution in [-0.4, -0.2) is 55.9 Å². The first-order valence-corrected chi connectivity index (χ1v) is 14.4. The van der Waals surface area contributed by atoms with Gasteiger partial charge in [0.25, 0.3) is 0 Å². The number of anilines is 2. The SMILES string of the molecule is CCCC[C@]1(CC)CN(c2ccc(F)cc2)c2cc(SC)c(OCC(O)C(=O)O)cc2S(=O)(=O)C1. The number of thioether (sulfide) groups is 1. The van der Waals surface area contributed by atoms with E-state index in [-0.39, 0.29) is 22.2 Å². The van der Waals surface area contributed by atoms with Gasteiger partial charge in [-0.15, -0.1) is 11.8 Å². The first-order chi connectivity index (χ1) is 16.6. The molecule has 0 saturated carbocycles. The number of hydrogen-bond acceptors (Lipinski definition) is 7. The van der Waals surface area contributed by atoms with Crippen LogP contribution in [0.15, 0.2) is 46.2 Å². The molecule has 2 N–H and O–H groups in total. The van der Waals surface area contributed by atoms with Crippen molar-refractivity contribution in [3.05, 3.63) is 42.2 Å². The Morgan fingerprint density at radius 2 is 1.94 bits per heavy atom. The molecule has 1 heterocycles. The third-order valence-corrected chi connectivity index (χ3v) is 9.24. The molecule has 0 bridgehead atoms. The van der Waals surface area contributed by atoms with Gasteiger partial charge in [0.05, 0.1) is 21.2 Å². The molecule has 0 aromatic heterocycles. The lowest BCUT2D eigenvalue weighted by Crippen LogP contribution is -2.37. The Balaban J connectivity index is 2.20. The van der Waals surface area contributed by atoms with Crippen LogP contribution in [0, 0.1) is 11.2 Å². The molecule has 0 spiro atoms. The molecule has 7 nitrogen and oxygen atoms in total. The maximum atomic E-state index is 13.8. The molecule has 0 aliphatic carbocycles. The van der Waals surface area contributed by atoms with Crippen molar-refractivity contribution in [3.8, 4) is 5.75 Å². The van der Waals surface area contributed by atoms with E-state index >= 15 is 0 Å². The molecule has 3 rings (SSSR count). The number of aliphatic hydroxyl groups is 1. The fraction of sp³-hybridized carbons (Fsp3) is 0.480. The molecule has 2 aromatic rings. The number of benzene rings is 2. The van der Waals surface area contributed by atoms with Gasteiger partial charge in [-0.2, -0.15) is 0 Å². The summed E-state index contributed by atoms with van der Waals surface area (Å²) in [4.78, 5) is 13.6. The van der Waals surface area contributed by atoms with E-state index in [0.717, 1.165) is 19.3 Å². The summed E-state index contributed by atoms with van der Waals surface area (Å²) in [6.45, 7) is 4.01. The minimum Gasteiger partial charge on any atom is -0.489 e. The van der Waals surface area contributed by atoms with Crippen molar-refractivity contribution < 1.29 is 32.6 Å². The summed E-state index contributed by atoms with van der Waals surface area (Å²) in [5.41, 5.74) is 0.641. The second-order valence-electron chi connectivity index (χ2n) is 8.91. The lowest BCUT2D eigenvalue weighted by molar-refractivity contribution is -0.148.